The number of hydrogen-bond acceptors (Lipinski definition) is 8. The van der Waals surface area contributed by atoms with Crippen molar-refractivity contribution in [3.05, 3.63) is 0 Å². The number of unbranched alkanes of at least 4 members (excludes halogenated alkanes) is 1. The first-order valence-corrected chi connectivity index (χ1v) is 15.7. The summed E-state index contributed by atoms with van der Waals surface area (Å²) in [6, 6.07) is 0. The standard InChI is InChI=1S/C23H46O10P2/c1-9-10-11-23(8,14-30-35(26,27)33-22-17(4)19(6)31-20(22)7)13-29-34(24,25)28-12-21-16(3)15(2)18(5)32-21/h15-22H,9-14H2,1-8H3,(H,24,25)(H,26,27)/t15?,16?,17?,18-,19-,20?,21+,22+,23?/m0/s1. The molecule has 0 radical (unpaired) electrons. The van der Waals surface area contributed by atoms with Gasteiger partial charge in [0.05, 0.1) is 44.2 Å². The lowest BCUT2D eigenvalue weighted by Gasteiger charge is -2.31. The zero-order valence-corrected chi connectivity index (χ0v) is 24.2. The quantitative estimate of drug-likeness (QED) is 0.277. The molecule has 7 unspecified atom stereocenters. The van der Waals surface area contributed by atoms with E-state index in [9.17, 15) is 18.9 Å². The molecule has 2 heterocycles. The zero-order chi connectivity index (χ0) is 26.6. The van der Waals surface area contributed by atoms with Crippen molar-refractivity contribution >= 4 is 15.6 Å². The van der Waals surface area contributed by atoms with Crippen molar-refractivity contribution in [2.45, 2.75) is 105 Å². The highest BCUT2D eigenvalue weighted by Crippen LogP contribution is 2.51. The van der Waals surface area contributed by atoms with Gasteiger partial charge in [-0.1, -0.05) is 47.5 Å². The maximum absolute atomic E-state index is 12.7. The maximum atomic E-state index is 12.7. The van der Waals surface area contributed by atoms with E-state index in [0.717, 1.165) is 12.8 Å². The minimum Gasteiger partial charge on any atom is -0.372 e. The molecule has 208 valence electrons. The number of phosphoric acid groups is 2. The molecule has 0 aliphatic carbocycles. The van der Waals surface area contributed by atoms with Crippen LogP contribution in [-0.2, 0) is 36.7 Å². The highest BCUT2D eigenvalue weighted by molar-refractivity contribution is 7.47. The molecule has 2 N–H and O–H groups in total. The maximum Gasteiger partial charge on any atom is 0.472 e. The third kappa shape index (κ3) is 9.13. The fourth-order valence-electron chi connectivity index (χ4n) is 4.55. The van der Waals surface area contributed by atoms with Crippen LogP contribution in [0.15, 0.2) is 0 Å². The topological polar surface area (TPSA) is 130 Å². The van der Waals surface area contributed by atoms with Crippen LogP contribution >= 0.6 is 15.6 Å². The summed E-state index contributed by atoms with van der Waals surface area (Å²) in [5.41, 5.74) is -0.809. The van der Waals surface area contributed by atoms with Crippen molar-refractivity contribution in [1.29, 1.82) is 0 Å². The van der Waals surface area contributed by atoms with Crippen LogP contribution in [0.1, 0.15) is 74.7 Å². The summed E-state index contributed by atoms with van der Waals surface area (Å²) in [6.07, 6.45) is 0.956. The fraction of sp³-hybridized carbons (Fsp3) is 1.00. The Balaban J connectivity index is 1.92. The summed E-state index contributed by atoms with van der Waals surface area (Å²) < 4.78 is 58.1. The van der Waals surface area contributed by atoms with E-state index in [0.29, 0.717) is 12.3 Å². The zero-order valence-electron chi connectivity index (χ0n) is 22.4. The van der Waals surface area contributed by atoms with E-state index in [1.54, 1.807) is 13.8 Å². The van der Waals surface area contributed by atoms with Gasteiger partial charge in [-0.2, -0.15) is 0 Å². The second-order valence-electron chi connectivity index (χ2n) is 10.8. The number of ether oxygens (including phenoxy) is 2. The normalized spacial score (nSPS) is 38.7. The van der Waals surface area contributed by atoms with Gasteiger partial charge < -0.3 is 19.3 Å². The van der Waals surface area contributed by atoms with E-state index in [1.165, 1.54) is 0 Å². The lowest BCUT2D eigenvalue weighted by atomic mass is 9.87. The Morgan fingerprint density at radius 3 is 1.86 bits per heavy atom. The molecule has 0 aromatic heterocycles. The molecule has 2 aliphatic rings. The summed E-state index contributed by atoms with van der Waals surface area (Å²) in [4.78, 5) is 20.6. The van der Waals surface area contributed by atoms with Crippen LogP contribution < -0.4 is 0 Å². The molecule has 11 atom stereocenters. The molecule has 2 aliphatic heterocycles. The SMILES string of the molecule is CCCCC(C)(COP(=O)(O)OC[C@H]1O[C@@H](C)C(C)C1C)COP(=O)(O)O[C@H]1C(C)O[C@@H](C)C1C. The molecule has 0 aromatic rings. The molecule has 35 heavy (non-hydrogen) atoms. The Morgan fingerprint density at radius 2 is 1.37 bits per heavy atom. The predicted molar refractivity (Wildman–Crippen MR) is 132 cm³/mol. The van der Waals surface area contributed by atoms with Crippen LogP contribution in [0.3, 0.4) is 0 Å². The van der Waals surface area contributed by atoms with E-state index < -0.39 is 27.2 Å². The van der Waals surface area contributed by atoms with Crippen LogP contribution in [0.5, 0.6) is 0 Å². The van der Waals surface area contributed by atoms with Gasteiger partial charge in [0.2, 0.25) is 0 Å². The Hall–Kier alpha value is 0.140. The molecule has 12 heteroatoms. The Morgan fingerprint density at radius 1 is 0.800 bits per heavy atom. The molecular formula is C23H46O10P2. The first kappa shape index (κ1) is 31.4. The van der Waals surface area contributed by atoms with Gasteiger partial charge in [0, 0.05) is 11.3 Å². The third-order valence-corrected chi connectivity index (χ3v) is 9.54. The second-order valence-corrected chi connectivity index (χ2v) is 13.6. The molecule has 2 rings (SSSR count). The average Bonchev–Trinajstić information content (AvgIpc) is 3.17. The molecule has 2 fully saturated rings. The molecule has 2 saturated heterocycles. The van der Waals surface area contributed by atoms with Crippen molar-refractivity contribution in [3.8, 4) is 0 Å². The Kier molecular flexibility index (Phi) is 11.5. The lowest BCUT2D eigenvalue weighted by molar-refractivity contribution is -0.00733. The van der Waals surface area contributed by atoms with Crippen molar-refractivity contribution in [3.63, 3.8) is 0 Å². The summed E-state index contributed by atoms with van der Waals surface area (Å²) in [7, 11) is -8.76. The number of phosphoric ester groups is 2. The van der Waals surface area contributed by atoms with Crippen LogP contribution in [0.2, 0.25) is 0 Å². The number of hydrogen-bond donors (Lipinski definition) is 2. The molecule has 0 bridgehead atoms. The molecule has 0 spiro atoms. The van der Waals surface area contributed by atoms with Gasteiger partial charge in [-0.05, 0) is 39.0 Å². The van der Waals surface area contributed by atoms with E-state index in [2.05, 4.69) is 6.92 Å². The van der Waals surface area contributed by atoms with Crippen LogP contribution in [0.4, 0.5) is 0 Å². The Labute approximate surface area is 210 Å². The smallest absolute Gasteiger partial charge is 0.372 e. The largest absolute Gasteiger partial charge is 0.472 e. The summed E-state index contributed by atoms with van der Waals surface area (Å²) in [5, 5.41) is 0. The molecule has 0 saturated carbocycles. The molecule has 10 nitrogen and oxygen atoms in total. The van der Waals surface area contributed by atoms with Crippen LogP contribution in [-0.4, -0.2) is 60.1 Å². The first-order valence-electron chi connectivity index (χ1n) is 12.7. The van der Waals surface area contributed by atoms with Gasteiger partial charge in [-0.25, -0.2) is 9.13 Å². The molecular weight excluding hydrogens is 498 g/mol. The fourth-order valence-corrected chi connectivity index (χ4v) is 6.64. The highest BCUT2D eigenvalue weighted by Gasteiger charge is 2.43. The van der Waals surface area contributed by atoms with Crippen LogP contribution in [0, 0.1) is 23.2 Å². The van der Waals surface area contributed by atoms with Gasteiger partial charge in [0.1, 0.15) is 6.10 Å². The third-order valence-electron chi connectivity index (χ3n) is 7.64. The van der Waals surface area contributed by atoms with Crippen molar-refractivity contribution in [2.75, 3.05) is 19.8 Å². The van der Waals surface area contributed by atoms with E-state index in [4.69, 9.17) is 27.6 Å². The Bertz CT molecular complexity index is 767. The van der Waals surface area contributed by atoms with Gasteiger partial charge in [0.15, 0.2) is 0 Å². The second kappa shape index (κ2) is 12.8. The van der Waals surface area contributed by atoms with Crippen LogP contribution in [0.25, 0.3) is 0 Å². The highest BCUT2D eigenvalue weighted by atomic mass is 31.2. The van der Waals surface area contributed by atoms with Gasteiger partial charge in [-0.15, -0.1) is 0 Å². The first-order chi connectivity index (χ1) is 16.1. The van der Waals surface area contributed by atoms with E-state index in [-0.39, 0.29) is 56.1 Å². The van der Waals surface area contributed by atoms with Crippen molar-refractivity contribution in [1.82, 2.24) is 0 Å². The summed E-state index contributed by atoms with van der Waals surface area (Å²) >= 11 is 0. The van der Waals surface area contributed by atoms with Crippen molar-refractivity contribution < 1.29 is 46.5 Å². The predicted octanol–water partition coefficient (Wildman–Crippen LogP) is 5.32. The van der Waals surface area contributed by atoms with Gasteiger partial charge in [0.25, 0.3) is 0 Å². The summed E-state index contributed by atoms with van der Waals surface area (Å²) in [5.74, 6) is 0.433. The minimum atomic E-state index is -4.40. The lowest BCUT2D eigenvalue weighted by Crippen LogP contribution is -2.30. The van der Waals surface area contributed by atoms with E-state index >= 15 is 0 Å². The van der Waals surface area contributed by atoms with Gasteiger partial charge >= 0.3 is 15.6 Å². The average molecular weight is 545 g/mol. The minimum absolute atomic E-state index is 0.0495. The van der Waals surface area contributed by atoms with E-state index in [1.807, 2.05) is 34.6 Å². The van der Waals surface area contributed by atoms with Crippen molar-refractivity contribution in [2.24, 2.45) is 23.2 Å². The molecule has 0 aromatic carbocycles. The van der Waals surface area contributed by atoms with Gasteiger partial charge in [-0.3, -0.25) is 18.1 Å². The molecule has 0 amide bonds. The summed E-state index contributed by atoms with van der Waals surface area (Å²) in [6.45, 7) is 15.0. The number of rotatable bonds is 14. The monoisotopic (exact) mass is 544 g/mol.